The molecule has 0 aromatic heterocycles. The molecular formula is C11H12BrN. The average molecular weight is 238 g/mol. The first-order chi connectivity index (χ1) is 6.33. The van der Waals surface area contributed by atoms with Crippen LogP contribution in [0.15, 0.2) is 28.7 Å². The van der Waals surface area contributed by atoms with Crippen molar-refractivity contribution in [3.05, 3.63) is 34.3 Å². The Hall–Kier alpha value is -0.780. The molecule has 0 bridgehead atoms. The zero-order valence-corrected chi connectivity index (χ0v) is 9.19. The molecule has 1 aromatic rings. The van der Waals surface area contributed by atoms with Gasteiger partial charge in [0.05, 0.1) is 0 Å². The zero-order valence-electron chi connectivity index (χ0n) is 7.60. The van der Waals surface area contributed by atoms with Crippen molar-refractivity contribution in [2.45, 2.75) is 6.42 Å². The zero-order chi connectivity index (χ0) is 9.52. The van der Waals surface area contributed by atoms with E-state index < -0.39 is 0 Å². The van der Waals surface area contributed by atoms with Crippen molar-refractivity contribution >= 4 is 15.9 Å². The van der Waals surface area contributed by atoms with E-state index in [1.165, 1.54) is 0 Å². The van der Waals surface area contributed by atoms with E-state index in [0.29, 0.717) is 0 Å². The summed E-state index contributed by atoms with van der Waals surface area (Å²) in [5.74, 6) is 6.19. The quantitative estimate of drug-likeness (QED) is 0.616. The number of nitrogens with one attached hydrogen (secondary N) is 1. The first-order valence-electron chi connectivity index (χ1n) is 4.22. The monoisotopic (exact) mass is 237 g/mol. The first-order valence-corrected chi connectivity index (χ1v) is 5.01. The number of hydrogen-bond donors (Lipinski definition) is 1. The highest BCUT2D eigenvalue weighted by Crippen LogP contribution is 2.09. The largest absolute Gasteiger partial charge is 0.319 e. The second-order valence-corrected chi connectivity index (χ2v) is 3.58. The van der Waals surface area contributed by atoms with E-state index in [-0.39, 0.29) is 0 Å². The van der Waals surface area contributed by atoms with Crippen LogP contribution < -0.4 is 5.32 Å². The van der Waals surface area contributed by atoms with E-state index in [0.717, 1.165) is 23.0 Å². The van der Waals surface area contributed by atoms with Crippen molar-refractivity contribution in [3.8, 4) is 11.8 Å². The van der Waals surface area contributed by atoms with Crippen LogP contribution in [0.1, 0.15) is 12.0 Å². The first kappa shape index (κ1) is 10.3. The van der Waals surface area contributed by atoms with Crippen molar-refractivity contribution in [2.75, 3.05) is 13.6 Å². The van der Waals surface area contributed by atoms with Gasteiger partial charge in [0, 0.05) is 23.0 Å². The Morgan fingerprint density at radius 2 is 2.00 bits per heavy atom. The molecule has 0 unspecified atom stereocenters. The summed E-state index contributed by atoms with van der Waals surface area (Å²) in [4.78, 5) is 0. The summed E-state index contributed by atoms with van der Waals surface area (Å²) in [6, 6.07) is 8.02. The Balaban J connectivity index is 2.52. The number of benzene rings is 1. The molecular weight excluding hydrogens is 226 g/mol. The smallest absolute Gasteiger partial charge is 0.0246 e. The minimum absolute atomic E-state index is 0.895. The minimum atomic E-state index is 0.895. The summed E-state index contributed by atoms with van der Waals surface area (Å²) in [6.45, 7) is 0.948. The molecule has 13 heavy (non-hydrogen) atoms. The fourth-order valence-electron chi connectivity index (χ4n) is 0.885. The molecule has 0 saturated heterocycles. The van der Waals surface area contributed by atoms with Gasteiger partial charge in [0.25, 0.3) is 0 Å². The van der Waals surface area contributed by atoms with Gasteiger partial charge in [-0.05, 0) is 31.3 Å². The van der Waals surface area contributed by atoms with E-state index in [1.807, 2.05) is 31.3 Å². The van der Waals surface area contributed by atoms with E-state index in [9.17, 15) is 0 Å². The molecule has 0 radical (unpaired) electrons. The molecule has 0 fully saturated rings. The third kappa shape index (κ3) is 4.12. The molecule has 0 spiro atoms. The Morgan fingerprint density at radius 1 is 1.31 bits per heavy atom. The molecule has 0 atom stereocenters. The van der Waals surface area contributed by atoms with Crippen LogP contribution in [0, 0.1) is 11.8 Å². The molecule has 0 aliphatic carbocycles. The summed E-state index contributed by atoms with van der Waals surface area (Å²) in [6.07, 6.45) is 0.895. The van der Waals surface area contributed by atoms with Gasteiger partial charge in [-0.3, -0.25) is 0 Å². The number of halogens is 1. The van der Waals surface area contributed by atoms with Crippen LogP contribution in [0.3, 0.4) is 0 Å². The lowest BCUT2D eigenvalue weighted by Crippen LogP contribution is -2.05. The molecule has 1 nitrogen and oxygen atoms in total. The summed E-state index contributed by atoms with van der Waals surface area (Å²) in [7, 11) is 1.93. The van der Waals surface area contributed by atoms with Crippen LogP contribution in [-0.2, 0) is 0 Å². The van der Waals surface area contributed by atoms with Gasteiger partial charge in [-0.25, -0.2) is 0 Å². The summed E-state index contributed by atoms with van der Waals surface area (Å²) in [5, 5.41) is 3.05. The van der Waals surface area contributed by atoms with Crippen molar-refractivity contribution in [1.29, 1.82) is 0 Å². The lowest BCUT2D eigenvalue weighted by Gasteiger charge is -1.91. The minimum Gasteiger partial charge on any atom is -0.319 e. The van der Waals surface area contributed by atoms with Crippen molar-refractivity contribution < 1.29 is 0 Å². The van der Waals surface area contributed by atoms with E-state index in [4.69, 9.17) is 0 Å². The molecule has 0 aliphatic rings. The van der Waals surface area contributed by atoms with Gasteiger partial charge in [0.15, 0.2) is 0 Å². The topological polar surface area (TPSA) is 12.0 Å². The molecule has 0 amide bonds. The molecule has 1 aromatic carbocycles. The number of rotatable bonds is 2. The van der Waals surface area contributed by atoms with Crippen molar-refractivity contribution in [3.63, 3.8) is 0 Å². The highest BCUT2D eigenvalue weighted by Gasteiger charge is 1.85. The second kappa shape index (κ2) is 5.80. The van der Waals surface area contributed by atoms with Crippen LogP contribution in [-0.4, -0.2) is 13.6 Å². The Bertz CT molecular complexity index is 305. The van der Waals surface area contributed by atoms with E-state index >= 15 is 0 Å². The molecule has 68 valence electrons. The lowest BCUT2D eigenvalue weighted by molar-refractivity contribution is 0.818. The predicted octanol–water partition coefficient (Wildman–Crippen LogP) is 2.41. The van der Waals surface area contributed by atoms with Gasteiger partial charge in [0.1, 0.15) is 0 Å². The fraction of sp³-hybridized carbons (Fsp3) is 0.273. The summed E-state index contributed by atoms with van der Waals surface area (Å²) in [5.41, 5.74) is 1.07. The molecule has 0 aliphatic heterocycles. The summed E-state index contributed by atoms with van der Waals surface area (Å²) < 4.78 is 1.09. The Morgan fingerprint density at radius 3 is 2.62 bits per heavy atom. The van der Waals surface area contributed by atoms with E-state index in [1.54, 1.807) is 0 Å². The second-order valence-electron chi connectivity index (χ2n) is 2.66. The van der Waals surface area contributed by atoms with Gasteiger partial charge in [-0.15, -0.1) is 0 Å². The Kier molecular flexibility index (Phi) is 4.59. The SMILES string of the molecule is CNCCC#Cc1ccc(Br)cc1. The van der Waals surface area contributed by atoms with Crippen molar-refractivity contribution in [2.24, 2.45) is 0 Å². The third-order valence-corrected chi connectivity index (χ3v) is 2.11. The molecule has 0 heterocycles. The van der Waals surface area contributed by atoms with Gasteiger partial charge >= 0.3 is 0 Å². The van der Waals surface area contributed by atoms with Crippen LogP contribution in [0.4, 0.5) is 0 Å². The highest BCUT2D eigenvalue weighted by molar-refractivity contribution is 9.10. The summed E-state index contributed by atoms with van der Waals surface area (Å²) >= 11 is 3.38. The molecule has 1 N–H and O–H groups in total. The maximum atomic E-state index is 3.38. The lowest BCUT2D eigenvalue weighted by atomic mass is 10.2. The standard InChI is InChI=1S/C11H12BrN/c1-13-9-3-2-4-10-5-7-11(12)8-6-10/h5-8,13H,3,9H2,1H3. The van der Waals surface area contributed by atoms with E-state index in [2.05, 4.69) is 33.1 Å². The average Bonchev–Trinajstić information content (AvgIpc) is 2.15. The third-order valence-electron chi connectivity index (χ3n) is 1.58. The molecule has 0 saturated carbocycles. The maximum Gasteiger partial charge on any atom is 0.0246 e. The fourth-order valence-corrected chi connectivity index (χ4v) is 1.15. The van der Waals surface area contributed by atoms with Crippen LogP contribution in [0.2, 0.25) is 0 Å². The molecule has 2 heteroatoms. The van der Waals surface area contributed by atoms with Gasteiger partial charge < -0.3 is 5.32 Å². The highest BCUT2D eigenvalue weighted by atomic mass is 79.9. The Labute approximate surface area is 87.7 Å². The normalized spacial score (nSPS) is 9.08. The van der Waals surface area contributed by atoms with Gasteiger partial charge in [-0.1, -0.05) is 27.8 Å². The van der Waals surface area contributed by atoms with Gasteiger partial charge in [-0.2, -0.15) is 0 Å². The number of hydrogen-bond acceptors (Lipinski definition) is 1. The van der Waals surface area contributed by atoms with Crippen LogP contribution in [0.25, 0.3) is 0 Å². The predicted molar refractivity (Wildman–Crippen MR) is 59.6 cm³/mol. The maximum absolute atomic E-state index is 3.38. The van der Waals surface area contributed by atoms with Crippen molar-refractivity contribution in [1.82, 2.24) is 5.32 Å². The van der Waals surface area contributed by atoms with Gasteiger partial charge in [0.2, 0.25) is 0 Å². The molecule has 1 rings (SSSR count). The van der Waals surface area contributed by atoms with Crippen LogP contribution in [0.5, 0.6) is 0 Å². The van der Waals surface area contributed by atoms with Crippen LogP contribution >= 0.6 is 15.9 Å².